The van der Waals surface area contributed by atoms with Crippen LogP contribution in [0.3, 0.4) is 0 Å². The van der Waals surface area contributed by atoms with Crippen LogP contribution in [0.1, 0.15) is 62.7 Å². The highest BCUT2D eigenvalue weighted by molar-refractivity contribution is 5.94. The lowest BCUT2D eigenvalue weighted by Gasteiger charge is -2.21. The Morgan fingerprint density at radius 2 is 1.62 bits per heavy atom. The molecule has 0 radical (unpaired) electrons. The minimum absolute atomic E-state index is 0.0768. The molecule has 1 fully saturated rings. The molecule has 2 rings (SSSR count). The number of carbonyl (C=O) groups is 1. The molecule has 3 nitrogen and oxygen atoms in total. The maximum Gasteiger partial charge on any atom is 0.251 e. The van der Waals surface area contributed by atoms with Crippen LogP contribution in [0.25, 0.3) is 0 Å². The van der Waals surface area contributed by atoms with E-state index in [1.165, 1.54) is 31.4 Å². The van der Waals surface area contributed by atoms with Crippen LogP contribution in [0.15, 0.2) is 24.3 Å². The number of benzene rings is 1. The molecule has 1 aliphatic carbocycles. The van der Waals surface area contributed by atoms with Crippen LogP contribution in [0.4, 0.5) is 5.69 Å². The number of anilines is 1. The summed E-state index contributed by atoms with van der Waals surface area (Å²) < 4.78 is 0. The Balaban J connectivity index is 1.95. The van der Waals surface area contributed by atoms with E-state index in [1.807, 2.05) is 12.1 Å². The molecule has 0 aliphatic heterocycles. The summed E-state index contributed by atoms with van der Waals surface area (Å²) in [4.78, 5) is 14.6. The number of nitrogens with one attached hydrogen (secondary N) is 1. The Kier molecular flexibility index (Phi) is 6.09. The van der Waals surface area contributed by atoms with Gasteiger partial charge in [-0.05, 0) is 51.0 Å². The molecule has 1 amide bonds. The van der Waals surface area contributed by atoms with E-state index in [0.29, 0.717) is 6.04 Å². The smallest absolute Gasteiger partial charge is 0.251 e. The summed E-state index contributed by atoms with van der Waals surface area (Å²) in [5.41, 5.74) is 1.96. The molecule has 1 aromatic carbocycles. The van der Waals surface area contributed by atoms with E-state index in [0.717, 1.165) is 31.5 Å². The van der Waals surface area contributed by atoms with Gasteiger partial charge in [0, 0.05) is 30.4 Å². The Bertz CT molecular complexity index is 429. The first-order valence-corrected chi connectivity index (χ1v) is 8.40. The van der Waals surface area contributed by atoms with Crippen molar-refractivity contribution in [3.05, 3.63) is 29.8 Å². The second kappa shape index (κ2) is 8.06. The molecule has 1 aromatic rings. The first-order chi connectivity index (χ1) is 10.2. The van der Waals surface area contributed by atoms with Crippen molar-refractivity contribution in [2.24, 2.45) is 0 Å². The fraction of sp³-hybridized carbons (Fsp3) is 0.611. The summed E-state index contributed by atoms with van der Waals surface area (Å²) in [6.45, 7) is 6.28. The molecule has 116 valence electrons. The summed E-state index contributed by atoms with van der Waals surface area (Å²) in [6, 6.07) is 8.35. The lowest BCUT2D eigenvalue weighted by molar-refractivity contribution is 0.0933. The molecule has 1 aliphatic rings. The molecule has 3 heteroatoms. The topological polar surface area (TPSA) is 32.3 Å². The van der Waals surface area contributed by atoms with Crippen LogP contribution >= 0.6 is 0 Å². The maximum absolute atomic E-state index is 12.3. The maximum atomic E-state index is 12.3. The van der Waals surface area contributed by atoms with E-state index in [9.17, 15) is 4.79 Å². The van der Waals surface area contributed by atoms with Gasteiger partial charge in [-0.3, -0.25) is 4.79 Å². The third-order valence-electron chi connectivity index (χ3n) is 4.45. The van der Waals surface area contributed by atoms with Gasteiger partial charge in [0.1, 0.15) is 0 Å². The van der Waals surface area contributed by atoms with Gasteiger partial charge in [-0.25, -0.2) is 0 Å². The van der Waals surface area contributed by atoms with Gasteiger partial charge >= 0.3 is 0 Å². The monoisotopic (exact) mass is 288 g/mol. The number of rotatable bonds is 5. The van der Waals surface area contributed by atoms with Crippen molar-refractivity contribution >= 4 is 11.6 Å². The number of hydrogen-bond donors (Lipinski definition) is 1. The molecule has 0 saturated heterocycles. The third kappa shape index (κ3) is 4.48. The van der Waals surface area contributed by atoms with Gasteiger partial charge < -0.3 is 10.2 Å². The summed E-state index contributed by atoms with van der Waals surface area (Å²) in [5, 5.41) is 3.20. The fourth-order valence-corrected chi connectivity index (χ4v) is 3.10. The van der Waals surface area contributed by atoms with Crippen molar-refractivity contribution in [2.45, 2.75) is 58.4 Å². The normalized spacial score (nSPS) is 16.3. The van der Waals surface area contributed by atoms with Gasteiger partial charge in [0.2, 0.25) is 0 Å². The van der Waals surface area contributed by atoms with Gasteiger partial charge in [0.05, 0.1) is 0 Å². The van der Waals surface area contributed by atoms with E-state index in [4.69, 9.17) is 0 Å². The van der Waals surface area contributed by atoms with Crippen LogP contribution in [-0.2, 0) is 0 Å². The number of carbonyl (C=O) groups excluding carboxylic acids is 1. The summed E-state index contributed by atoms with van der Waals surface area (Å²) in [5.74, 6) is 0.0768. The van der Waals surface area contributed by atoms with E-state index in [-0.39, 0.29) is 5.91 Å². The molecular weight excluding hydrogens is 260 g/mol. The molecule has 1 saturated carbocycles. The zero-order chi connectivity index (χ0) is 15.1. The minimum Gasteiger partial charge on any atom is -0.372 e. The minimum atomic E-state index is 0.0768. The highest BCUT2D eigenvalue weighted by Crippen LogP contribution is 2.18. The molecule has 0 spiro atoms. The molecule has 0 aromatic heterocycles. The fourth-order valence-electron chi connectivity index (χ4n) is 3.10. The summed E-state index contributed by atoms with van der Waals surface area (Å²) >= 11 is 0. The van der Waals surface area contributed by atoms with Crippen molar-refractivity contribution < 1.29 is 4.79 Å². The van der Waals surface area contributed by atoms with Crippen LogP contribution < -0.4 is 10.2 Å². The second-order valence-electron chi connectivity index (χ2n) is 5.88. The molecule has 0 heterocycles. The van der Waals surface area contributed by atoms with Crippen molar-refractivity contribution in [1.82, 2.24) is 5.32 Å². The zero-order valence-corrected chi connectivity index (χ0v) is 13.4. The van der Waals surface area contributed by atoms with Gasteiger partial charge in [-0.1, -0.05) is 25.7 Å². The number of hydrogen-bond acceptors (Lipinski definition) is 2. The van der Waals surface area contributed by atoms with Crippen LogP contribution in [0, 0.1) is 0 Å². The zero-order valence-electron chi connectivity index (χ0n) is 13.4. The van der Waals surface area contributed by atoms with Crippen molar-refractivity contribution in [3.8, 4) is 0 Å². The summed E-state index contributed by atoms with van der Waals surface area (Å²) in [7, 11) is 0. The van der Waals surface area contributed by atoms with Gasteiger partial charge in [-0.2, -0.15) is 0 Å². The first kappa shape index (κ1) is 15.9. The van der Waals surface area contributed by atoms with Crippen LogP contribution in [-0.4, -0.2) is 25.0 Å². The van der Waals surface area contributed by atoms with E-state index in [1.54, 1.807) is 0 Å². The second-order valence-corrected chi connectivity index (χ2v) is 5.88. The predicted octanol–water partition coefficient (Wildman–Crippen LogP) is 3.99. The Morgan fingerprint density at radius 1 is 1.05 bits per heavy atom. The molecule has 0 unspecified atom stereocenters. The van der Waals surface area contributed by atoms with E-state index in [2.05, 4.69) is 36.2 Å². The Morgan fingerprint density at radius 3 is 2.14 bits per heavy atom. The molecule has 21 heavy (non-hydrogen) atoms. The average Bonchev–Trinajstić information content (AvgIpc) is 2.78. The summed E-state index contributed by atoms with van der Waals surface area (Å²) in [6.07, 6.45) is 7.36. The lowest BCUT2D eigenvalue weighted by Crippen LogP contribution is -2.34. The number of nitrogens with zero attached hydrogens (tertiary/aromatic N) is 1. The van der Waals surface area contributed by atoms with Gasteiger partial charge in [0.15, 0.2) is 0 Å². The van der Waals surface area contributed by atoms with Gasteiger partial charge in [0.25, 0.3) is 5.91 Å². The van der Waals surface area contributed by atoms with Crippen LogP contribution in [0.5, 0.6) is 0 Å². The Hall–Kier alpha value is -1.51. The standard InChI is InChI=1S/C18H28N2O/c1-3-20(4-2)17-13-11-15(12-14-17)18(21)19-16-9-7-5-6-8-10-16/h11-14,16H,3-10H2,1-2H3,(H,19,21). The highest BCUT2D eigenvalue weighted by Gasteiger charge is 2.15. The van der Waals surface area contributed by atoms with Crippen molar-refractivity contribution in [3.63, 3.8) is 0 Å². The largest absolute Gasteiger partial charge is 0.372 e. The van der Waals surface area contributed by atoms with E-state index >= 15 is 0 Å². The van der Waals surface area contributed by atoms with Crippen molar-refractivity contribution in [1.29, 1.82) is 0 Å². The Labute approximate surface area is 128 Å². The van der Waals surface area contributed by atoms with E-state index < -0.39 is 0 Å². The quantitative estimate of drug-likeness (QED) is 0.831. The first-order valence-electron chi connectivity index (χ1n) is 8.40. The molecular formula is C18H28N2O. The lowest BCUT2D eigenvalue weighted by atomic mass is 10.1. The molecule has 1 N–H and O–H groups in total. The molecule has 0 bridgehead atoms. The van der Waals surface area contributed by atoms with Gasteiger partial charge in [-0.15, -0.1) is 0 Å². The molecule has 0 atom stereocenters. The van der Waals surface area contributed by atoms with Crippen molar-refractivity contribution in [2.75, 3.05) is 18.0 Å². The SMILES string of the molecule is CCN(CC)c1ccc(C(=O)NC2CCCCCC2)cc1. The highest BCUT2D eigenvalue weighted by atomic mass is 16.1. The number of amides is 1. The van der Waals surface area contributed by atoms with Crippen LogP contribution in [0.2, 0.25) is 0 Å². The average molecular weight is 288 g/mol. The third-order valence-corrected chi connectivity index (χ3v) is 4.45. The predicted molar refractivity (Wildman–Crippen MR) is 89.0 cm³/mol.